The standard InChI is InChI=1S/C31H33N5O5S/c1-4-36(5-2)16-7-17-40-30-20-28-27(18-22(30)21-32)29(14-15-33-28)41-25-12-10-23(11-13-25)34-31(37)35-24-8-6-9-26(19-24)42(3,38)39/h6,8-15,18-20H,4-5,7,16-17H2,1-3H3,(H2,34,35,37). The lowest BCUT2D eigenvalue weighted by molar-refractivity contribution is 0.249. The first kappa shape index (κ1) is 30.3. The number of nitrogens with zero attached hydrogens (tertiary/aromatic N) is 3. The van der Waals surface area contributed by atoms with Crippen molar-refractivity contribution in [3.63, 3.8) is 0 Å². The lowest BCUT2D eigenvalue weighted by atomic mass is 10.1. The molecule has 1 heterocycles. The molecule has 0 atom stereocenters. The van der Waals surface area contributed by atoms with Crippen LogP contribution in [0.1, 0.15) is 25.8 Å². The van der Waals surface area contributed by atoms with E-state index in [4.69, 9.17) is 9.47 Å². The van der Waals surface area contributed by atoms with Crippen LogP contribution in [0.5, 0.6) is 17.2 Å². The molecule has 0 aliphatic carbocycles. The molecule has 0 bridgehead atoms. The monoisotopic (exact) mass is 587 g/mol. The van der Waals surface area contributed by atoms with E-state index >= 15 is 0 Å². The maximum absolute atomic E-state index is 12.4. The van der Waals surface area contributed by atoms with E-state index in [0.717, 1.165) is 32.3 Å². The molecular weight excluding hydrogens is 554 g/mol. The Labute approximate surface area is 245 Å². The van der Waals surface area contributed by atoms with Gasteiger partial charge in [-0.2, -0.15) is 5.26 Å². The summed E-state index contributed by atoms with van der Waals surface area (Å²) in [5.41, 5.74) is 1.90. The first-order valence-electron chi connectivity index (χ1n) is 13.5. The topological polar surface area (TPSA) is 134 Å². The molecule has 0 fully saturated rings. The van der Waals surface area contributed by atoms with Crippen LogP contribution < -0.4 is 20.1 Å². The summed E-state index contributed by atoms with van der Waals surface area (Å²) in [4.78, 5) is 19.3. The minimum atomic E-state index is -3.39. The molecule has 0 saturated carbocycles. The number of benzene rings is 3. The van der Waals surface area contributed by atoms with Crippen LogP contribution in [-0.2, 0) is 9.84 Å². The predicted octanol–water partition coefficient (Wildman–Crippen LogP) is 6.06. The highest BCUT2D eigenvalue weighted by Crippen LogP contribution is 2.33. The number of amides is 2. The Hall–Kier alpha value is -4.66. The number of rotatable bonds is 12. The molecule has 0 radical (unpaired) electrons. The zero-order valence-electron chi connectivity index (χ0n) is 23.8. The highest BCUT2D eigenvalue weighted by Gasteiger charge is 2.13. The summed E-state index contributed by atoms with van der Waals surface area (Å²) in [6.07, 6.45) is 3.59. The van der Waals surface area contributed by atoms with Crippen molar-refractivity contribution in [2.75, 3.05) is 43.1 Å². The number of nitriles is 1. The van der Waals surface area contributed by atoms with Gasteiger partial charge in [0.15, 0.2) is 9.84 Å². The molecule has 4 rings (SSSR count). The van der Waals surface area contributed by atoms with Crippen molar-refractivity contribution in [2.24, 2.45) is 0 Å². The van der Waals surface area contributed by atoms with Crippen molar-refractivity contribution in [1.29, 1.82) is 5.26 Å². The zero-order valence-corrected chi connectivity index (χ0v) is 24.6. The van der Waals surface area contributed by atoms with Crippen LogP contribution in [0.25, 0.3) is 10.9 Å². The van der Waals surface area contributed by atoms with E-state index < -0.39 is 15.9 Å². The van der Waals surface area contributed by atoms with Gasteiger partial charge in [-0.25, -0.2) is 13.2 Å². The number of fused-ring (bicyclic) bond motifs is 1. The molecule has 2 N–H and O–H groups in total. The third-order valence-corrected chi connectivity index (χ3v) is 7.66. The quantitative estimate of drug-likeness (QED) is 0.191. The fraction of sp³-hybridized carbons (Fsp3) is 0.258. The van der Waals surface area contributed by atoms with Crippen LogP contribution >= 0.6 is 0 Å². The average Bonchev–Trinajstić information content (AvgIpc) is 2.97. The SMILES string of the molecule is CCN(CC)CCCOc1cc2nccc(Oc3ccc(NC(=O)Nc4cccc(S(C)(=O)=O)c4)cc3)c2cc1C#N. The van der Waals surface area contributed by atoms with Gasteiger partial charge < -0.3 is 25.0 Å². The Morgan fingerprint density at radius 3 is 2.40 bits per heavy atom. The molecule has 0 unspecified atom stereocenters. The van der Waals surface area contributed by atoms with Gasteiger partial charge in [-0.15, -0.1) is 0 Å². The molecule has 0 spiro atoms. The van der Waals surface area contributed by atoms with Gasteiger partial charge in [-0.1, -0.05) is 19.9 Å². The number of urea groups is 1. The van der Waals surface area contributed by atoms with Crippen molar-refractivity contribution in [2.45, 2.75) is 25.2 Å². The van der Waals surface area contributed by atoms with E-state index in [1.54, 1.807) is 60.8 Å². The van der Waals surface area contributed by atoms with E-state index in [1.807, 2.05) is 0 Å². The molecule has 42 heavy (non-hydrogen) atoms. The van der Waals surface area contributed by atoms with Crippen molar-refractivity contribution in [3.05, 3.63) is 78.5 Å². The Morgan fingerprint density at radius 1 is 0.976 bits per heavy atom. The maximum atomic E-state index is 12.4. The lowest BCUT2D eigenvalue weighted by Gasteiger charge is -2.18. The molecule has 0 aliphatic rings. The van der Waals surface area contributed by atoms with E-state index in [2.05, 4.69) is 40.4 Å². The highest BCUT2D eigenvalue weighted by molar-refractivity contribution is 7.90. The van der Waals surface area contributed by atoms with Gasteiger partial charge in [-0.05, 0) is 74.1 Å². The van der Waals surface area contributed by atoms with E-state index in [-0.39, 0.29) is 4.90 Å². The number of aromatic nitrogens is 1. The zero-order chi connectivity index (χ0) is 30.1. The maximum Gasteiger partial charge on any atom is 0.323 e. The predicted molar refractivity (Wildman–Crippen MR) is 163 cm³/mol. The summed E-state index contributed by atoms with van der Waals surface area (Å²) in [7, 11) is -3.39. The number of nitrogens with one attached hydrogen (secondary N) is 2. The number of hydrogen-bond donors (Lipinski definition) is 2. The van der Waals surface area contributed by atoms with Crippen molar-refractivity contribution in [3.8, 4) is 23.3 Å². The second kappa shape index (κ2) is 13.8. The van der Waals surface area contributed by atoms with Crippen molar-refractivity contribution < 1.29 is 22.7 Å². The minimum Gasteiger partial charge on any atom is -0.492 e. The third-order valence-electron chi connectivity index (χ3n) is 6.55. The van der Waals surface area contributed by atoms with Crippen LogP contribution in [-0.4, -0.2) is 56.8 Å². The van der Waals surface area contributed by atoms with Crippen LogP contribution in [0.2, 0.25) is 0 Å². The largest absolute Gasteiger partial charge is 0.492 e. The molecule has 11 heteroatoms. The van der Waals surface area contributed by atoms with Gasteiger partial charge in [0.25, 0.3) is 0 Å². The summed E-state index contributed by atoms with van der Waals surface area (Å²) in [6.45, 7) is 7.66. The smallest absolute Gasteiger partial charge is 0.323 e. The van der Waals surface area contributed by atoms with Crippen LogP contribution in [0.4, 0.5) is 16.2 Å². The Kier molecular flexibility index (Phi) is 9.96. The lowest BCUT2D eigenvalue weighted by Crippen LogP contribution is -2.25. The molecule has 4 aromatic rings. The molecular formula is C31H33N5O5S. The number of anilines is 2. The Morgan fingerprint density at radius 2 is 1.71 bits per heavy atom. The summed E-state index contributed by atoms with van der Waals surface area (Å²) >= 11 is 0. The first-order chi connectivity index (χ1) is 20.2. The van der Waals surface area contributed by atoms with Crippen LogP contribution in [0, 0.1) is 11.3 Å². The highest BCUT2D eigenvalue weighted by atomic mass is 32.2. The van der Waals surface area contributed by atoms with E-state index in [1.165, 1.54) is 12.1 Å². The summed E-state index contributed by atoms with van der Waals surface area (Å²) < 4.78 is 35.6. The van der Waals surface area contributed by atoms with Crippen molar-refractivity contribution in [1.82, 2.24) is 9.88 Å². The molecule has 218 valence electrons. The number of sulfone groups is 1. The molecule has 0 aliphatic heterocycles. The molecule has 2 amide bonds. The van der Waals surface area contributed by atoms with E-state index in [9.17, 15) is 18.5 Å². The van der Waals surface area contributed by atoms with Gasteiger partial charge in [0.05, 0.1) is 22.6 Å². The summed E-state index contributed by atoms with van der Waals surface area (Å²) in [6, 6.07) is 19.7. The first-order valence-corrected chi connectivity index (χ1v) is 15.4. The normalized spacial score (nSPS) is 11.2. The Bertz CT molecular complexity index is 1700. The van der Waals surface area contributed by atoms with Crippen LogP contribution in [0.15, 0.2) is 77.8 Å². The second-order valence-corrected chi connectivity index (χ2v) is 11.5. The second-order valence-electron chi connectivity index (χ2n) is 9.52. The summed E-state index contributed by atoms with van der Waals surface area (Å²) in [5, 5.41) is 15.8. The van der Waals surface area contributed by atoms with Gasteiger partial charge in [0, 0.05) is 41.8 Å². The Balaban J connectivity index is 1.41. The fourth-order valence-electron chi connectivity index (χ4n) is 4.29. The van der Waals surface area contributed by atoms with Gasteiger partial charge in [0.1, 0.15) is 23.3 Å². The number of carbonyl (C=O) groups excluding carboxylic acids is 1. The number of pyridine rings is 1. The molecule has 0 saturated heterocycles. The molecule has 10 nitrogen and oxygen atoms in total. The number of hydrogen-bond acceptors (Lipinski definition) is 8. The summed E-state index contributed by atoms with van der Waals surface area (Å²) in [5.74, 6) is 1.53. The average molecular weight is 588 g/mol. The third kappa shape index (κ3) is 7.96. The van der Waals surface area contributed by atoms with Crippen molar-refractivity contribution >= 4 is 38.1 Å². The number of ether oxygens (including phenoxy) is 2. The van der Waals surface area contributed by atoms with E-state index in [0.29, 0.717) is 51.7 Å². The number of carbonyl (C=O) groups is 1. The molecule has 1 aromatic heterocycles. The minimum absolute atomic E-state index is 0.113. The van der Waals surface area contributed by atoms with Gasteiger partial charge >= 0.3 is 6.03 Å². The van der Waals surface area contributed by atoms with Gasteiger partial charge in [-0.3, -0.25) is 4.98 Å². The van der Waals surface area contributed by atoms with Crippen LogP contribution in [0.3, 0.4) is 0 Å². The fourth-order valence-corrected chi connectivity index (χ4v) is 4.95. The van der Waals surface area contributed by atoms with Gasteiger partial charge in [0.2, 0.25) is 0 Å². The molecule has 3 aromatic carbocycles.